The molecule has 7 heteroatoms. The molecular formula is C14H17N3O4. The van der Waals surface area contributed by atoms with Gasteiger partial charge in [-0.2, -0.15) is 4.98 Å². The highest BCUT2D eigenvalue weighted by atomic mass is 16.3. The minimum atomic E-state index is -0.749. The second-order valence-electron chi connectivity index (χ2n) is 4.81. The number of nitrogens with zero attached hydrogens (tertiary/aromatic N) is 2. The molecule has 0 aliphatic rings. The van der Waals surface area contributed by atoms with Gasteiger partial charge in [-0.3, -0.25) is 14.0 Å². The van der Waals surface area contributed by atoms with Crippen LogP contribution in [-0.2, 0) is 0 Å². The summed E-state index contributed by atoms with van der Waals surface area (Å²) in [5, 5.41) is 21.4. The number of carbonyl (C=O) groups is 1. The van der Waals surface area contributed by atoms with Gasteiger partial charge in [-0.15, -0.1) is 0 Å². The minimum absolute atomic E-state index is 0.245. The number of aliphatic hydroxyl groups is 1. The topological polar surface area (TPSA) is 104 Å². The van der Waals surface area contributed by atoms with Gasteiger partial charge in [0, 0.05) is 6.20 Å². The number of aromatic nitrogens is 2. The van der Waals surface area contributed by atoms with Crippen molar-refractivity contribution in [1.82, 2.24) is 14.7 Å². The summed E-state index contributed by atoms with van der Waals surface area (Å²) < 4.78 is 1.20. The van der Waals surface area contributed by atoms with E-state index in [4.69, 9.17) is 5.11 Å². The van der Waals surface area contributed by atoms with Gasteiger partial charge in [0.15, 0.2) is 5.56 Å². The maximum absolute atomic E-state index is 12.3. The highest BCUT2D eigenvalue weighted by molar-refractivity contribution is 5.96. The fraction of sp³-hybridized carbons (Fsp3) is 0.357. The first-order valence-corrected chi connectivity index (χ1v) is 6.61. The molecule has 0 fully saturated rings. The van der Waals surface area contributed by atoms with Gasteiger partial charge in [0.1, 0.15) is 5.65 Å². The van der Waals surface area contributed by atoms with Crippen LogP contribution in [0, 0.1) is 6.92 Å². The van der Waals surface area contributed by atoms with Crippen molar-refractivity contribution < 1.29 is 15.0 Å². The Kier molecular flexibility index (Phi) is 4.23. The monoisotopic (exact) mass is 291 g/mol. The van der Waals surface area contributed by atoms with E-state index >= 15 is 0 Å². The molecule has 7 nitrogen and oxygen atoms in total. The largest absolute Gasteiger partial charge is 0.493 e. The van der Waals surface area contributed by atoms with Crippen molar-refractivity contribution in [3.63, 3.8) is 0 Å². The molecule has 1 amide bonds. The van der Waals surface area contributed by atoms with Crippen LogP contribution in [-0.4, -0.2) is 38.2 Å². The second-order valence-corrected chi connectivity index (χ2v) is 4.81. The Balaban J connectivity index is 2.52. The third kappa shape index (κ3) is 2.87. The highest BCUT2D eigenvalue weighted by Gasteiger charge is 2.21. The zero-order chi connectivity index (χ0) is 15.6. The van der Waals surface area contributed by atoms with E-state index in [0.29, 0.717) is 6.42 Å². The van der Waals surface area contributed by atoms with E-state index in [1.165, 1.54) is 10.6 Å². The molecule has 2 aromatic heterocycles. The van der Waals surface area contributed by atoms with Gasteiger partial charge < -0.3 is 15.5 Å². The zero-order valence-electron chi connectivity index (χ0n) is 11.8. The molecule has 0 aromatic carbocycles. The van der Waals surface area contributed by atoms with Crippen LogP contribution in [0.15, 0.2) is 23.1 Å². The molecule has 0 saturated heterocycles. The van der Waals surface area contributed by atoms with Crippen molar-refractivity contribution in [3.05, 3.63) is 39.8 Å². The van der Waals surface area contributed by atoms with Crippen LogP contribution in [0.5, 0.6) is 5.88 Å². The summed E-state index contributed by atoms with van der Waals surface area (Å²) in [6.45, 7) is 3.37. The van der Waals surface area contributed by atoms with E-state index < -0.39 is 29.0 Å². The van der Waals surface area contributed by atoms with Crippen LogP contribution in [0.2, 0.25) is 0 Å². The first-order chi connectivity index (χ1) is 9.97. The molecule has 0 saturated carbocycles. The molecular weight excluding hydrogens is 274 g/mol. The van der Waals surface area contributed by atoms with E-state index in [0.717, 1.165) is 5.56 Å². The summed E-state index contributed by atoms with van der Waals surface area (Å²) >= 11 is 0. The lowest BCUT2D eigenvalue weighted by atomic mass is 10.2. The number of aromatic hydroxyl groups is 1. The number of aryl methyl sites for hydroxylation is 1. The van der Waals surface area contributed by atoms with Crippen LogP contribution in [0.3, 0.4) is 0 Å². The third-order valence-corrected chi connectivity index (χ3v) is 3.24. The molecule has 21 heavy (non-hydrogen) atoms. The average Bonchev–Trinajstić information content (AvgIpc) is 2.44. The highest BCUT2D eigenvalue weighted by Crippen LogP contribution is 2.12. The molecule has 0 radical (unpaired) electrons. The Morgan fingerprint density at radius 1 is 1.52 bits per heavy atom. The van der Waals surface area contributed by atoms with Gasteiger partial charge in [-0.1, -0.05) is 6.92 Å². The van der Waals surface area contributed by atoms with Crippen LogP contribution < -0.4 is 10.9 Å². The normalized spacial score (nSPS) is 12.3. The lowest BCUT2D eigenvalue weighted by Gasteiger charge is -2.14. The van der Waals surface area contributed by atoms with Crippen molar-refractivity contribution in [2.75, 3.05) is 6.61 Å². The lowest BCUT2D eigenvalue weighted by molar-refractivity contribution is 0.0909. The van der Waals surface area contributed by atoms with Crippen molar-refractivity contribution in [1.29, 1.82) is 0 Å². The first-order valence-electron chi connectivity index (χ1n) is 6.61. The van der Waals surface area contributed by atoms with Crippen LogP contribution in [0.4, 0.5) is 0 Å². The summed E-state index contributed by atoms with van der Waals surface area (Å²) in [6, 6.07) is 2.86. The van der Waals surface area contributed by atoms with Gasteiger partial charge in [-0.25, -0.2) is 0 Å². The van der Waals surface area contributed by atoms with Gasteiger partial charge in [0.05, 0.1) is 12.6 Å². The summed E-state index contributed by atoms with van der Waals surface area (Å²) in [5.74, 6) is -1.36. The van der Waals surface area contributed by atoms with Crippen molar-refractivity contribution in [2.24, 2.45) is 0 Å². The van der Waals surface area contributed by atoms with Gasteiger partial charge >= 0.3 is 0 Å². The average molecular weight is 291 g/mol. The van der Waals surface area contributed by atoms with Gasteiger partial charge in [0.2, 0.25) is 5.88 Å². The summed E-state index contributed by atoms with van der Waals surface area (Å²) in [5.41, 5.74) is 0.0686. The Morgan fingerprint density at radius 2 is 2.24 bits per heavy atom. The smallest absolute Gasteiger partial charge is 0.274 e. The standard InChI is InChI=1S/C14H17N3O4/c1-3-9(7-18)15-12(19)11-13(20)16-10-6-8(2)4-5-17(10)14(11)21/h4-6,9,18,20H,3,7H2,1-2H3,(H,15,19)/t9-/m0/s1. The number of fused-ring (bicyclic) bond motifs is 1. The summed E-state index contributed by atoms with van der Waals surface area (Å²) in [6.07, 6.45) is 2.00. The van der Waals surface area contributed by atoms with Crippen molar-refractivity contribution in [3.8, 4) is 5.88 Å². The Hall–Kier alpha value is -2.41. The number of hydrogen-bond donors (Lipinski definition) is 3. The van der Waals surface area contributed by atoms with E-state index in [1.807, 2.05) is 6.92 Å². The predicted octanol–water partition coefficient (Wildman–Crippen LogP) is 0.209. The lowest BCUT2D eigenvalue weighted by Crippen LogP contribution is -2.40. The molecule has 2 aromatic rings. The number of carbonyl (C=O) groups excluding carboxylic acids is 1. The summed E-state index contributed by atoms with van der Waals surface area (Å²) in [4.78, 5) is 28.3. The number of hydrogen-bond acceptors (Lipinski definition) is 5. The molecule has 0 aliphatic heterocycles. The van der Waals surface area contributed by atoms with E-state index in [2.05, 4.69) is 10.3 Å². The maximum Gasteiger partial charge on any atom is 0.274 e. The van der Waals surface area contributed by atoms with Gasteiger partial charge in [-0.05, 0) is 31.0 Å². The van der Waals surface area contributed by atoms with Crippen LogP contribution in [0.25, 0.3) is 5.65 Å². The van der Waals surface area contributed by atoms with Crippen molar-refractivity contribution in [2.45, 2.75) is 26.3 Å². The fourth-order valence-corrected chi connectivity index (χ4v) is 1.96. The van der Waals surface area contributed by atoms with Crippen LogP contribution in [0.1, 0.15) is 29.3 Å². The number of amides is 1. The number of aliphatic hydroxyl groups excluding tert-OH is 1. The van der Waals surface area contributed by atoms with E-state index in [1.54, 1.807) is 19.1 Å². The first kappa shape index (κ1) is 15.0. The molecule has 1 atom stereocenters. The van der Waals surface area contributed by atoms with Crippen LogP contribution >= 0.6 is 0 Å². The quantitative estimate of drug-likeness (QED) is 0.747. The Bertz CT molecular complexity index is 735. The Morgan fingerprint density at radius 3 is 2.86 bits per heavy atom. The number of rotatable bonds is 4. The number of nitrogens with one attached hydrogen (secondary N) is 1. The fourth-order valence-electron chi connectivity index (χ4n) is 1.96. The maximum atomic E-state index is 12.3. The second kappa shape index (κ2) is 5.92. The molecule has 0 aliphatic carbocycles. The zero-order valence-corrected chi connectivity index (χ0v) is 11.8. The Labute approximate surface area is 120 Å². The molecule has 3 N–H and O–H groups in total. The minimum Gasteiger partial charge on any atom is -0.493 e. The van der Waals surface area contributed by atoms with E-state index in [-0.39, 0.29) is 12.3 Å². The molecule has 112 valence electrons. The summed E-state index contributed by atoms with van der Waals surface area (Å²) in [7, 11) is 0. The molecule has 0 unspecified atom stereocenters. The molecule has 0 spiro atoms. The van der Waals surface area contributed by atoms with Gasteiger partial charge in [0.25, 0.3) is 11.5 Å². The predicted molar refractivity (Wildman–Crippen MR) is 76.5 cm³/mol. The number of pyridine rings is 1. The molecule has 0 bridgehead atoms. The van der Waals surface area contributed by atoms with E-state index in [9.17, 15) is 14.7 Å². The SMILES string of the molecule is CC[C@@H](CO)NC(=O)c1c(O)nc2cc(C)ccn2c1=O. The molecule has 2 rings (SSSR count). The third-order valence-electron chi connectivity index (χ3n) is 3.24. The van der Waals surface area contributed by atoms with Crippen molar-refractivity contribution >= 4 is 11.6 Å². The molecule has 2 heterocycles.